The number of fused-ring (bicyclic) bond motifs is 1. The van der Waals surface area contributed by atoms with E-state index in [0.717, 1.165) is 30.5 Å². The number of hydrogen-bond donors (Lipinski definition) is 4. The summed E-state index contributed by atoms with van der Waals surface area (Å²) in [7, 11) is 1.53. The molecule has 2 aliphatic rings. The molecule has 1 unspecified atom stereocenters. The van der Waals surface area contributed by atoms with E-state index in [1.807, 2.05) is 54.6 Å². The number of anilines is 2. The summed E-state index contributed by atoms with van der Waals surface area (Å²) >= 11 is 0. The molecule has 3 aromatic rings. The van der Waals surface area contributed by atoms with Crippen molar-refractivity contribution in [1.82, 2.24) is 10.2 Å². The van der Waals surface area contributed by atoms with Crippen LogP contribution in [0.1, 0.15) is 42.9 Å². The number of carbonyl (C=O) groups is 3. The third-order valence-corrected chi connectivity index (χ3v) is 9.02. The molecule has 3 amide bonds. The molecule has 0 aromatic heterocycles. The molecule has 4 N–H and O–H groups in total. The van der Waals surface area contributed by atoms with Crippen molar-refractivity contribution in [2.24, 2.45) is 11.8 Å². The van der Waals surface area contributed by atoms with Gasteiger partial charge >= 0.3 is 0 Å². The van der Waals surface area contributed by atoms with E-state index in [4.69, 9.17) is 4.74 Å². The summed E-state index contributed by atoms with van der Waals surface area (Å²) in [5.41, 5.74) is 1.60. The van der Waals surface area contributed by atoms with Gasteiger partial charge in [0.15, 0.2) is 5.60 Å². The molecule has 47 heavy (non-hydrogen) atoms. The van der Waals surface area contributed by atoms with Crippen molar-refractivity contribution in [2.75, 3.05) is 43.6 Å². The number of ether oxygens (including phenoxy) is 1. The van der Waals surface area contributed by atoms with Crippen molar-refractivity contribution < 1.29 is 29.3 Å². The minimum Gasteiger partial charge on any atom is -0.497 e. The van der Waals surface area contributed by atoms with Crippen LogP contribution in [0.2, 0.25) is 0 Å². The Labute approximate surface area is 276 Å². The Hall–Kier alpha value is -4.51. The lowest BCUT2D eigenvalue weighted by atomic mass is 9.83. The van der Waals surface area contributed by atoms with Crippen LogP contribution < -0.4 is 20.3 Å². The van der Waals surface area contributed by atoms with Crippen molar-refractivity contribution in [2.45, 2.75) is 44.9 Å². The fourth-order valence-corrected chi connectivity index (χ4v) is 6.26. The topological polar surface area (TPSA) is 131 Å². The highest BCUT2D eigenvalue weighted by molar-refractivity contribution is 6.07. The summed E-state index contributed by atoms with van der Waals surface area (Å²) in [6.07, 6.45) is 5.26. The van der Waals surface area contributed by atoms with Crippen LogP contribution in [0.4, 0.5) is 11.4 Å². The van der Waals surface area contributed by atoms with Crippen LogP contribution in [0, 0.1) is 11.8 Å². The zero-order valence-corrected chi connectivity index (χ0v) is 27.0. The third kappa shape index (κ3) is 7.73. The lowest BCUT2D eigenvalue weighted by molar-refractivity contribution is -0.139. The fraction of sp³-hybridized carbons (Fsp3) is 0.378. The van der Waals surface area contributed by atoms with Gasteiger partial charge in [-0.1, -0.05) is 61.5 Å². The van der Waals surface area contributed by atoms with Crippen LogP contribution in [0.5, 0.6) is 5.75 Å². The van der Waals surface area contributed by atoms with Crippen LogP contribution in [-0.2, 0) is 33.1 Å². The third-order valence-electron chi connectivity index (χ3n) is 9.02. The van der Waals surface area contributed by atoms with Gasteiger partial charge in [0.2, 0.25) is 11.8 Å². The lowest BCUT2D eigenvalue weighted by Crippen LogP contribution is -2.44. The molecular weight excluding hydrogens is 596 g/mol. The molecule has 0 radical (unpaired) electrons. The number of nitrogens with one attached hydrogen (secondary N) is 2. The quantitative estimate of drug-likeness (QED) is 0.208. The van der Waals surface area contributed by atoms with Crippen molar-refractivity contribution in [3.8, 4) is 5.75 Å². The summed E-state index contributed by atoms with van der Waals surface area (Å²) < 4.78 is 5.43. The second kappa shape index (κ2) is 15.4. The number of carbonyl (C=O) groups excluding carboxylic acids is 3. The number of rotatable bonds is 13. The van der Waals surface area contributed by atoms with Crippen molar-refractivity contribution in [3.05, 3.63) is 102 Å². The SMILES string of the molecule is COc1ccc2c(c1)[C@](O)([C@@H](C)/C=C/CC(=O)N(CCO)Cc1ccccc1)C(=O)N2Cc1ccc(NC(=O)C2CCCNC2)cc1. The van der Waals surface area contributed by atoms with Crippen LogP contribution in [0.15, 0.2) is 84.9 Å². The van der Waals surface area contributed by atoms with E-state index in [2.05, 4.69) is 10.6 Å². The number of amides is 3. The first kappa shape index (κ1) is 33.8. The number of aliphatic hydroxyl groups is 2. The van der Waals surface area contributed by atoms with Gasteiger partial charge in [0.1, 0.15) is 5.75 Å². The highest BCUT2D eigenvalue weighted by Crippen LogP contribution is 2.47. The normalized spacial score (nSPS) is 19.8. The average Bonchev–Trinajstić information content (AvgIpc) is 3.31. The Morgan fingerprint density at radius 3 is 2.57 bits per heavy atom. The molecule has 2 heterocycles. The van der Waals surface area contributed by atoms with Gasteiger partial charge in [-0.25, -0.2) is 0 Å². The number of methoxy groups -OCH3 is 1. The molecule has 0 spiro atoms. The smallest absolute Gasteiger partial charge is 0.264 e. The number of nitrogens with zero attached hydrogens (tertiary/aromatic N) is 2. The van der Waals surface area contributed by atoms with E-state index < -0.39 is 17.4 Å². The molecule has 3 aromatic carbocycles. The first-order valence-electron chi connectivity index (χ1n) is 16.2. The van der Waals surface area contributed by atoms with Crippen LogP contribution in [0.25, 0.3) is 0 Å². The van der Waals surface area contributed by atoms with Gasteiger partial charge < -0.3 is 35.4 Å². The molecule has 0 saturated carbocycles. The molecule has 0 aliphatic carbocycles. The maximum atomic E-state index is 14.0. The lowest BCUT2D eigenvalue weighted by Gasteiger charge is -2.28. The molecule has 248 valence electrons. The molecule has 3 atom stereocenters. The van der Waals surface area contributed by atoms with Gasteiger partial charge in [0, 0.05) is 43.2 Å². The van der Waals surface area contributed by atoms with Gasteiger partial charge in [-0.3, -0.25) is 14.4 Å². The summed E-state index contributed by atoms with van der Waals surface area (Å²) in [6.45, 7) is 4.00. The largest absolute Gasteiger partial charge is 0.497 e. The van der Waals surface area contributed by atoms with E-state index in [-0.39, 0.29) is 43.8 Å². The van der Waals surface area contributed by atoms with E-state index in [0.29, 0.717) is 35.8 Å². The summed E-state index contributed by atoms with van der Waals surface area (Å²) in [5.74, 6) is -0.872. The minimum absolute atomic E-state index is 0.00588. The number of benzene rings is 3. The highest BCUT2D eigenvalue weighted by Gasteiger charge is 2.52. The second-order valence-electron chi connectivity index (χ2n) is 12.2. The first-order chi connectivity index (χ1) is 22.7. The van der Waals surface area contributed by atoms with Gasteiger partial charge in [0.25, 0.3) is 5.91 Å². The number of aliphatic hydroxyl groups excluding tert-OH is 1. The van der Waals surface area contributed by atoms with E-state index in [1.54, 1.807) is 47.1 Å². The zero-order valence-electron chi connectivity index (χ0n) is 27.0. The Bertz CT molecular complexity index is 1570. The van der Waals surface area contributed by atoms with Crippen LogP contribution in [0.3, 0.4) is 0 Å². The molecule has 2 aliphatic heterocycles. The number of piperidine rings is 1. The Kier molecular flexibility index (Phi) is 11.1. The maximum Gasteiger partial charge on any atom is 0.264 e. The Morgan fingerprint density at radius 2 is 1.89 bits per heavy atom. The van der Waals surface area contributed by atoms with Gasteiger partial charge in [-0.15, -0.1) is 0 Å². The minimum atomic E-state index is -1.89. The molecular formula is C37H44N4O6. The van der Waals surface area contributed by atoms with Crippen LogP contribution in [-0.4, -0.2) is 66.2 Å². The standard InChI is InChI=1S/C37H44N4O6/c1-26(8-6-12-34(43)40(20-21-42)24-27-9-4-3-5-10-27)37(46)32-22-31(47-2)17-18-33(32)41(36(37)45)25-28-13-15-30(16-14-28)39-35(44)29-11-7-19-38-23-29/h3-6,8-10,13-18,22,26,29,38,42,46H,7,11-12,19-21,23-25H2,1-2H3,(H,39,44)/b8-6+/t26-,29?,37+/m0/s1. The van der Waals surface area contributed by atoms with E-state index >= 15 is 0 Å². The first-order valence-corrected chi connectivity index (χ1v) is 16.2. The summed E-state index contributed by atoms with van der Waals surface area (Å²) in [4.78, 5) is 42.9. The van der Waals surface area contributed by atoms with Gasteiger partial charge in [0.05, 0.1) is 31.9 Å². The molecule has 1 saturated heterocycles. The predicted molar refractivity (Wildman–Crippen MR) is 181 cm³/mol. The predicted octanol–water partition coefficient (Wildman–Crippen LogP) is 3.97. The van der Waals surface area contributed by atoms with Crippen molar-refractivity contribution >= 4 is 29.1 Å². The maximum absolute atomic E-state index is 14.0. The molecule has 0 bridgehead atoms. The highest BCUT2D eigenvalue weighted by atomic mass is 16.5. The summed E-state index contributed by atoms with van der Waals surface area (Å²) in [5, 5.41) is 27.9. The summed E-state index contributed by atoms with van der Waals surface area (Å²) in [6, 6.07) is 22.2. The molecule has 1 fully saturated rings. The van der Waals surface area contributed by atoms with Gasteiger partial charge in [-0.2, -0.15) is 0 Å². The monoisotopic (exact) mass is 640 g/mol. The van der Waals surface area contributed by atoms with Crippen molar-refractivity contribution in [1.29, 1.82) is 0 Å². The van der Waals surface area contributed by atoms with Crippen molar-refractivity contribution in [3.63, 3.8) is 0 Å². The molecule has 10 nitrogen and oxygen atoms in total. The van der Waals surface area contributed by atoms with E-state index in [9.17, 15) is 24.6 Å². The molecule has 5 rings (SSSR count). The Morgan fingerprint density at radius 1 is 1.13 bits per heavy atom. The average molecular weight is 641 g/mol. The second-order valence-corrected chi connectivity index (χ2v) is 12.2. The van der Waals surface area contributed by atoms with Gasteiger partial charge in [-0.05, 0) is 60.8 Å². The number of hydrogen-bond acceptors (Lipinski definition) is 7. The Balaban J connectivity index is 1.29. The van der Waals surface area contributed by atoms with E-state index in [1.165, 1.54) is 7.11 Å². The fourth-order valence-electron chi connectivity index (χ4n) is 6.26. The zero-order chi connectivity index (χ0) is 33.4. The van der Waals surface area contributed by atoms with Crippen LogP contribution >= 0.6 is 0 Å². The molecule has 10 heteroatoms.